The maximum absolute atomic E-state index is 6.73. The van der Waals surface area contributed by atoms with E-state index in [1.54, 1.807) is 0 Å². The smallest absolute Gasteiger partial charge is 0.222 e. The van der Waals surface area contributed by atoms with Gasteiger partial charge < -0.3 is 9.47 Å². The highest BCUT2D eigenvalue weighted by atomic mass is 16.7. The zero-order chi connectivity index (χ0) is 17.1. The lowest BCUT2D eigenvalue weighted by Gasteiger charge is -2.38. The lowest BCUT2D eigenvalue weighted by molar-refractivity contribution is -0.152. The molecule has 0 amide bonds. The minimum atomic E-state index is -0.788. The van der Waals surface area contributed by atoms with Gasteiger partial charge in [-0.15, -0.1) is 0 Å². The van der Waals surface area contributed by atoms with E-state index in [1.165, 1.54) is 25.8 Å². The highest BCUT2D eigenvalue weighted by Crippen LogP contribution is 2.42. The highest BCUT2D eigenvalue weighted by Gasteiger charge is 2.48. The van der Waals surface area contributed by atoms with E-state index in [-0.39, 0.29) is 6.10 Å². The third kappa shape index (κ3) is 3.12. The van der Waals surface area contributed by atoms with Crippen molar-refractivity contribution in [3.8, 4) is 0 Å². The topological polar surface area (TPSA) is 21.7 Å². The molecule has 0 aliphatic carbocycles. The third-order valence-corrected chi connectivity index (χ3v) is 5.58. The quantitative estimate of drug-likeness (QED) is 0.835. The fourth-order valence-corrected chi connectivity index (χ4v) is 4.29. The normalized spacial score (nSPS) is 26.6. The van der Waals surface area contributed by atoms with Crippen LogP contribution in [-0.4, -0.2) is 36.7 Å². The molecule has 2 heterocycles. The van der Waals surface area contributed by atoms with Crippen LogP contribution in [0.25, 0.3) is 0 Å². The van der Waals surface area contributed by atoms with E-state index < -0.39 is 5.79 Å². The van der Waals surface area contributed by atoms with Gasteiger partial charge in [0.2, 0.25) is 5.79 Å². The predicted molar refractivity (Wildman–Crippen MR) is 99.4 cm³/mol. The van der Waals surface area contributed by atoms with Crippen LogP contribution in [0, 0.1) is 0 Å². The first-order valence-corrected chi connectivity index (χ1v) is 9.50. The largest absolute Gasteiger partial charge is 0.339 e. The van der Waals surface area contributed by atoms with Gasteiger partial charge in [-0.1, -0.05) is 74.0 Å². The fraction of sp³-hybridized carbons (Fsp3) is 0.455. The molecular weight excluding hydrogens is 310 g/mol. The van der Waals surface area contributed by atoms with Crippen LogP contribution in [-0.2, 0) is 15.3 Å². The first-order chi connectivity index (χ1) is 12.3. The van der Waals surface area contributed by atoms with Crippen LogP contribution in [0.4, 0.5) is 0 Å². The number of hydrogen-bond acceptors (Lipinski definition) is 3. The van der Waals surface area contributed by atoms with Crippen molar-refractivity contribution in [3.63, 3.8) is 0 Å². The van der Waals surface area contributed by atoms with Crippen LogP contribution < -0.4 is 0 Å². The summed E-state index contributed by atoms with van der Waals surface area (Å²) in [5, 5.41) is 0. The van der Waals surface area contributed by atoms with Gasteiger partial charge in [0.05, 0.1) is 6.61 Å². The van der Waals surface area contributed by atoms with Gasteiger partial charge in [-0.3, -0.25) is 4.90 Å². The second kappa shape index (κ2) is 7.28. The number of likely N-dealkylation sites (N-methyl/N-ethyl adjacent to an activating group) is 1. The Morgan fingerprint density at radius 2 is 1.60 bits per heavy atom. The van der Waals surface area contributed by atoms with Crippen molar-refractivity contribution in [2.24, 2.45) is 0 Å². The predicted octanol–water partition coefficient (Wildman–Crippen LogP) is 4.18. The number of rotatable bonds is 4. The summed E-state index contributed by atoms with van der Waals surface area (Å²) >= 11 is 0. The SMILES string of the molecule is CCN1CCCC[C@H]1[C@H]1COC(c2ccccc2)(c2ccccc2)O1. The van der Waals surface area contributed by atoms with E-state index >= 15 is 0 Å². The van der Waals surface area contributed by atoms with Crippen LogP contribution in [0.5, 0.6) is 0 Å². The third-order valence-electron chi connectivity index (χ3n) is 5.58. The van der Waals surface area contributed by atoms with E-state index in [4.69, 9.17) is 9.47 Å². The average Bonchev–Trinajstić information content (AvgIpc) is 3.16. The van der Waals surface area contributed by atoms with Crippen LogP contribution in [0.2, 0.25) is 0 Å². The number of nitrogens with zero attached hydrogens (tertiary/aromatic N) is 1. The monoisotopic (exact) mass is 337 g/mol. The lowest BCUT2D eigenvalue weighted by atomic mass is 9.96. The molecule has 4 rings (SSSR count). The summed E-state index contributed by atoms with van der Waals surface area (Å²) in [6.45, 7) is 5.14. The molecule has 3 heteroatoms. The second-order valence-corrected chi connectivity index (χ2v) is 7.01. The Morgan fingerprint density at radius 3 is 2.20 bits per heavy atom. The van der Waals surface area contributed by atoms with Gasteiger partial charge in [0, 0.05) is 17.2 Å². The van der Waals surface area contributed by atoms with E-state index in [0.29, 0.717) is 12.6 Å². The van der Waals surface area contributed by atoms with Crippen LogP contribution in [0.3, 0.4) is 0 Å². The first kappa shape index (κ1) is 16.8. The molecule has 25 heavy (non-hydrogen) atoms. The second-order valence-electron chi connectivity index (χ2n) is 7.01. The summed E-state index contributed by atoms with van der Waals surface area (Å²) in [4.78, 5) is 2.56. The van der Waals surface area contributed by atoms with E-state index in [1.807, 2.05) is 12.1 Å². The van der Waals surface area contributed by atoms with E-state index in [0.717, 1.165) is 17.7 Å². The number of hydrogen-bond donors (Lipinski definition) is 0. The molecule has 2 aliphatic rings. The lowest BCUT2D eigenvalue weighted by Crippen LogP contribution is -2.48. The summed E-state index contributed by atoms with van der Waals surface area (Å²) in [6.07, 6.45) is 3.88. The Balaban J connectivity index is 1.67. The van der Waals surface area contributed by atoms with E-state index in [2.05, 4.69) is 60.4 Å². The van der Waals surface area contributed by atoms with Crippen molar-refractivity contribution in [2.45, 2.75) is 44.1 Å². The summed E-state index contributed by atoms with van der Waals surface area (Å²) in [6, 6.07) is 21.2. The molecule has 2 atom stereocenters. The molecular formula is C22H27NO2. The molecule has 2 fully saturated rings. The van der Waals surface area contributed by atoms with Gasteiger partial charge in [0.1, 0.15) is 6.10 Å². The minimum absolute atomic E-state index is 0.112. The maximum atomic E-state index is 6.73. The van der Waals surface area contributed by atoms with Crippen molar-refractivity contribution < 1.29 is 9.47 Å². The molecule has 0 aromatic heterocycles. The van der Waals surface area contributed by atoms with Crippen molar-refractivity contribution in [1.29, 1.82) is 0 Å². The number of likely N-dealkylation sites (tertiary alicyclic amines) is 1. The zero-order valence-corrected chi connectivity index (χ0v) is 14.9. The van der Waals surface area contributed by atoms with Crippen LogP contribution >= 0.6 is 0 Å². The first-order valence-electron chi connectivity index (χ1n) is 9.50. The molecule has 0 bridgehead atoms. The van der Waals surface area contributed by atoms with Gasteiger partial charge in [-0.2, -0.15) is 0 Å². The van der Waals surface area contributed by atoms with Crippen LogP contribution in [0.1, 0.15) is 37.3 Å². The fourth-order valence-electron chi connectivity index (χ4n) is 4.29. The van der Waals surface area contributed by atoms with Gasteiger partial charge in [-0.25, -0.2) is 0 Å². The molecule has 0 N–H and O–H groups in total. The van der Waals surface area contributed by atoms with Crippen LogP contribution in [0.15, 0.2) is 60.7 Å². The number of benzene rings is 2. The number of ether oxygens (including phenoxy) is 2. The van der Waals surface area contributed by atoms with E-state index in [9.17, 15) is 0 Å². The standard InChI is InChI=1S/C22H27NO2/c1-2-23-16-10-9-15-20(23)21-17-24-22(25-21,18-11-5-3-6-12-18)19-13-7-4-8-14-19/h3-8,11-14,20-21H,2,9-10,15-17H2,1H3/t20-,21+/m0/s1. The number of piperidine rings is 1. The Hall–Kier alpha value is -1.68. The van der Waals surface area contributed by atoms with Gasteiger partial charge in [0.25, 0.3) is 0 Å². The molecule has 2 saturated heterocycles. The zero-order valence-electron chi connectivity index (χ0n) is 14.9. The molecule has 2 aromatic carbocycles. The molecule has 0 spiro atoms. The summed E-state index contributed by atoms with van der Waals surface area (Å²) < 4.78 is 13.2. The Morgan fingerprint density at radius 1 is 0.960 bits per heavy atom. The Labute approximate surface area is 150 Å². The molecule has 3 nitrogen and oxygen atoms in total. The molecule has 2 aromatic rings. The van der Waals surface area contributed by atoms with Gasteiger partial charge >= 0.3 is 0 Å². The molecule has 132 valence electrons. The van der Waals surface area contributed by atoms with Crippen molar-refractivity contribution in [1.82, 2.24) is 4.90 Å². The minimum Gasteiger partial charge on any atom is -0.339 e. The molecule has 2 aliphatic heterocycles. The maximum Gasteiger partial charge on any atom is 0.222 e. The Kier molecular flexibility index (Phi) is 4.89. The van der Waals surface area contributed by atoms with Crippen molar-refractivity contribution in [2.75, 3.05) is 19.7 Å². The highest BCUT2D eigenvalue weighted by molar-refractivity contribution is 5.34. The average molecular weight is 337 g/mol. The van der Waals surface area contributed by atoms with Crippen molar-refractivity contribution in [3.05, 3.63) is 71.8 Å². The van der Waals surface area contributed by atoms with Gasteiger partial charge in [0.15, 0.2) is 0 Å². The molecule has 0 radical (unpaired) electrons. The Bertz CT molecular complexity index is 633. The van der Waals surface area contributed by atoms with Crippen molar-refractivity contribution >= 4 is 0 Å². The summed E-state index contributed by atoms with van der Waals surface area (Å²) in [5.74, 6) is -0.788. The van der Waals surface area contributed by atoms with Gasteiger partial charge in [-0.05, 0) is 25.9 Å². The summed E-state index contributed by atoms with van der Waals surface area (Å²) in [7, 11) is 0. The summed E-state index contributed by atoms with van der Waals surface area (Å²) in [5.41, 5.74) is 2.14. The molecule has 0 saturated carbocycles. The molecule has 0 unspecified atom stereocenters.